The molecule has 1 aromatic rings. The predicted octanol–water partition coefficient (Wildman–Crippen LogP) is 4.20. The van der Waals surface area contributed by atoms with Gasteiger partial charge in [-0.05, 0) is 17.7 Å². The fourth-order valence-electron chi connectivity index (χ4n) is 0.949. The van der Waals surface area contributed by atoms with Gasteiger partial charge in [0.2, 0.25) is 0 Å². The van der Waals surface area contributed by atoms with E-state index in [-0.39, 0.29) is 0 Å². The van der Waals surface area contributed by atoms with E-state index in [1.54, 1.807) is 18.2 Å². The predicted molar refractivity (Wildman–Crippen MR) is 71.5 cm³/mol. The fraction of sp³-hybridized carbons (Fsp3) is 0.250. The van der Waals surface area contributed by atoms with Crippen LogP contribution >= 0.6 is 55.1 Å². The van der Waals surface area contributed by atoms with Crippen molar-refractivity contribution in [3.05, 3.63) is 33.8 Å². The Balaban J connectivity index is 2.91. The van der Waals surface area contributed by atoms with Crippen LogP contribution in [0.5, 0.6) is 0 Å². The number of hydrogen-bond acceptors (Lipinski definition) is 1. The molecule has 84 valence electrons. The van der Waals surface area contributed by atoms with Gasteiger partial charge in [-0.15, -0.1) is 0 Å². The van der Waals surface area contributed by atoms with Crippen molar-refractivity contribution in [3.63, 3.8) is 0 Å². The van der Waals surface area contributed by atoms with Crippen molar-refractivity contribution in [3.8, 4) is 0 Å². The van der Waals surface area contributed by atoms with Gasteiger partial charge in [-0.1, -0.05) is 61.1 Å². The number of benzene rings is 1. The van der Waals surface area contributed by atoms with Gasteiger partial charge in [0.25, 0.3) is 0 Å². The maximum absolute atomic E-state index is 10.9. The zero-order chi connectivity index (χ0) is 11.6. The Hall–Kier alpha value is 0.870. The highest BCUT2D eigenvalue weighted by Crippen LogP contribution is 2.34. The summed E-state index contributed by atoms with van der Waals surface area (Å²) < 4.78 is 18.9. The second kappa shape index (κ2) is 5.47. The highest BCUT2D eigenvalue weighted by Gasteiger charge is 2.30. The molecule has 7 heteroatoms. The molecule has 0 saturated carbocycles. The van der Waals surface area contributed by atoms with E-state index in [0.717, 1.165) is 5.56 Å². The Morgan fingerprint density at radius 2 is 1.93 bits per heavy atom. The Labute approximate surface area is 117 Å². The summed E-state index contributed by atoms with van der Waals surface area (Å²) in [6.45, 7) is 0. The summed E-state index contributed by atoms with van der Waals surface area (Å²) in [7, 11) is 0. The van der Waals surface area contributed by atoms with Gasteiger partial charge >= 0.3 is 0 Å². The first-order valence-electron chi connectivity index (χ1n) is 3.75. The van der Waals surface area contributed by atoms with Gasteiger partial charge < -0.3 is 4.55 Å². The third kappa shape index (κ3) is 3.98. The van der Waals surface area contributed by atoms with E-state index in [1.807, 2.05) is 0 Å². The largest absolute Gasteiger partial charge is 0.304 e. The van der Waals surface area contributed by atoms with Gasteiger partial charge in [-0.2, -0.15) is 0 Å². The van der Waals surface area contributed by atoms with Crippen LogP contribution in [-0.4, -0.2) is 11.3 Å². The van der Waals surface area contributed by atoms with Crippen molar-refractivity contribution in [2.75, 3.05) is 0 Å². The topological polar surface area (TPSA) is 37.3 Å². The lowest BCUT2D eigenvalue weighted by molar-refractivity contribution is 0.558. The van der Waals surface area contributed by atoms with Crippen molar-refractivity contribution < 1.29 is 8.76 Å². The second-order valence-electron chi connectivity index (χ2n) is 2.81. The Bertz CT molecular complexity index is 398. The molecule has 0 aromatic heterocycles. The first-order valence-corrected chi connectivity index (χ1v) is 7.20. The molecule has 1 atom stereocenters. The first-order chi connectivity index (χ1) is 6.83. The lowest BCUT2D eigenvalue weighted by Gasteiger charge is -2.15. The molecular weight excluding hydrogens is 391 g/mol. The van der Waals surface area contributed by atoms with Crippen molar-refractivity contribution in [1.29, 1.82) is 0 Å². The molecule has 0 amide bonds. The second-order valence-corrected chi connectivity index (χ2v) is 9.64. The molecule has 0 aliphatic rings. The van der Waals surface area contributed by atoms with Gasteiger partial charge in [0.1, 0.15) is 0 Å². The van der Waals surface area contributed by atoms with Crippen LogP contribution in [0, 0.1) is 0 Å². The van der Waals surface area contributed by atoms with Crippen LogP contribution in [0.2, 0.25) is 10.0 Å². The summed E-state index contributed by atoms with van der Waals surface area (Å²) in [5, 5.41) is 0.883. The number of rotatable bonds is 3. The van der Waals surface area contributed by atoms with Crippen LogP contribution in [0.15, 0.2) is 18.2 Å². The van der Waals surface area contributed by atoms with Crippen LogP contribution in [0.1, 0.15) is 5.56 Å². The van der Waals surface area contributed by atoms with Crippen molar-refractivity contribution >= 4 is 66.1 Å². The monoisotopic (exact) mass is 394 g/mol. The molecule has 1 unspecified atom stereocenters. The third-order valence-corrected chi connectivity index (χ3v) is 5.27. The van der Waals surface area contributed by atoms with Gasteiger partial charge in [-0.3, -0.25) is 0 Å². The van der Waals surface area contributed by atoms with E-state index < -0.39 is 13.6 Å². The molecule has 2 nitrogen and oxygen atoms in total. The molecule has 0 saturated heterocycles. The molecule has 0 spiro atoms. The minimum Gasteiger partial charge on any atom is -0.304 e. The third-order valence-electron chi connectivity index (χ3n) is 1.65. The summed E-state index contributed by atoms with van der Waals surface area (Å²) in [4.78, 5) is 0. The molecule has 0 bridgehead atoms. The molecule has 15 heavy (non-hydrogen) atoms. The Kier molecular flexibility index (Phi) is 5.08. The van der Waals surface area contributed by atoms with Crippen LogP contribution < -0.4 is 0 Å². The molecular formula is C8H6Br2Cl2O2S. The maximum atomic E-state index is 10.9. The van der Waals surface area contributed by atoms with E-state index >= 15 is 0 Å². The molecule has 0 fully saturated rings. The zero-order valence-corrected chi connectivity index (χ0v) is 12.7. The lowest BCUT2D eigenvalue weighted by Crippen LogP contribution is -2.21. The van der Waals surface area contributed by atoms with Crippen molar-refractivity contribution in [1.82, 2.24) is 0 Å². The van der Waals surface area contributed by atoms with Crippen LogP contribution in [-0.2, 0) is 17.5 Å². The molecule has 0 aliphatic heterocycles. The summed E-state index contributed by atoms with van der Waals surface area (Å²) in [6.07, 6.45) is 0.312. The normalized spacial score (nSPS) is 13.9. The minimum absolute atomic E-state index is 0.312. The minimum atomic E-state index is -2.03. The zero-order valence-electron chi connectivity index (χ0n) is 7.21. The molecule has 1 aromatic carbocycles. The van der Waals surface area contributed by atoms with Crippen LogP contribution in [0.3, 0.4) is 0 Å². The number of halogens is 4. The van der Waals surface area contributed by atoms with Crippen LogP contribution in [0.4, 0.5) is 0 Å². The van der Waals surface area contributed by atoms with E-state index in [1.165, 1.54) is 0 Å². The average molecular weight is 397 g/mol. The first kappa shape index (κ1) is 13.9. The summed E-state index contributed by atoms with van der Waals surface area (Å²) >= 11 is 15.8. The van der Waals surface area contributed by atoms with E-state index in [9.17, 15) is 4.21 Å². The summed E-state index contributed by atoms with van der Waals surface area (Å²) in [6, 6.07) is 5.06. The molecule has 1 N–H and O–H groups in total. The smallest absolute Gasteiger partial charge is 0.184 e. The molecule has 1 rings (SSSR count). The van der Waals surface area contributed by atoms with E-state index in [2.05, 4.69) is 31.9 Å². The number of hydrogen-bond donors (Lipinski definition) is 1. The van der Waals surface area contributed by atoms with Gasteiger partial charge in [-0.25, -0.2) is 4.21 Å². The average Bonchev–Trinajstić information content (AvgIpc) is 2.10. The highest BCUT2D eigenvalue weighted by molar-refractivity contribution is 9.27. The summed E-state index contributed by atoms with van der Waals surface area (Å²) in [5.74, 6) is 0. The highest BCUT2D eigenvalue weighted by atomic mass is 79.9. The van der Waals surface area contributed by atoms with Crippen molar-refractivity contribution in [2.45, 2.75) is 8.99 Å². The number of alkyl halides is 2. The van der Waals surface area contributed by atoms with Crippen LogP contribution in [0.25, 0.3) is 0 Å². The Morgan fingerprint density at radius 3 is 2.40 bits per heavy atom. The Morgan fingerprint density at radius 1 is 1.33 bits per heavy atom. The lowest BCUT2D eigenvalue weighted by atomic mass is 10.2. The van der Waals surface area contributed by atoms with Gasteiger partial charge in [0.05, 0.1) is 10.0 Å². The van der Waals surface area contributed by atoms with Gasteiger partial charge in [0, 0.05) is 6.42 Å². The standard InChI is InChI=1S/C8H6Br2Cl2O2S/c9-8(10,15(13)14)4-5-1-2-6(11)7(12)3-5/h1-3H,4H2,(H,13,14). The summed E-state index contributed by atoms with van der Waals surface area (Å²) in [5.41, 5.74) is 0.806. The fourth-order valence-corrected chi connectivity index (χ4v) is 2.21. The maximum Gasteiger partial charge on any atom is 0.184 e. The quantitative estimate of drug-likeness (QED) is 0.614. The molecule has 0 aliphatic carbocycles. The van der Waals surface area contributed by atoms with Gasteiger partial charge in [0.15, 0.2) is 13.6 Å². The molecule has 0 heterocycles. The van der Waals surface area contributed by atoms with E-state index in [4.69, 9.17) is 27.8 Å². The SMILES string of the molecule is O=S(O)C(Br)(Br)Cc1ccc(Cl)c(Cl)c1. The molecule has 0 radical (unpaired) electrons. The van der Waals surface area contributed by atoms with E-state index in [0.29, 0.717) is 16.5 Å². The van der Waals surface area contributed by atoms with Crippen molar-refractivity contribution in [2.24, 2.45) is 0 Å².